The number of nitriles is 1. The monoisotopic (exact) mass is 341 g/mol. The summed E-state index contributed by atoms with van der Waals surface area (Å²) in [6.45, 7) is 6.59. The van der Waals surface area contributed by atoms with Gasteiger partial charge < -0.3 is 4.90 Å². The summed E-state index contributed by atoms with van der Waals surface area (Å²) in [5, 5.41) is 20.6. The lowest BCUT2D eigenvalue weighted by atomic mass is 9.79. The standard InChI is InChI=1S/C20H25N2O3/c1-20(2,3)18-12-16(23)10-11-22(18)19(25)9-8-17(24)15-6-4-14(13-21)5-7-15/h4-7,16,18H,8-12H2,1-3H3. The molecular formula is C20H25N2O3. The molecule has 0 spiro atoms. The molecule has 1 aliphatic rings. The molecule has 0 saturated carbocycles. The molecule has 133 valence electrons. The first-order valence-corrected chi connectivity index (χ1v) is 8.71. The Morgan fingerprint density at radius 2 is 1.84 bits per heavy atom. The zero-order valence-electron chi connectivity index (χ0n) is 15.1. The van der Waals surface area contributed by atoms with Gasteiger partial charge in [0.25, 0.3) is 0 Å². The molecule has 0 bridgehead atoms. The second-order valence-electron chi connectivity index (χ2n) is 7.73. The molecule has 1 amide bonds. The van der Waals surface area contributed by atoms with Crippen LogP contribution in [0.5, 0.6) is 0 Å². The van der Waals surface area contributed by atoms with E-state index in [4.69, 9.17) is 5.26 Å². The van der Waals surface area contributed by atoms with Crippen LogP contribution >= 0.6 is 0 Å². The minimum absolute atomic E-state index is 0.0613. The fourth-order valence-electron chi connectivity index (χ4n) is 3.29. The van der Waals surface area contributed by atoms with E-state index in [2.05, 4.69) is 0 Å². The van der Waals surface area contributed by atoms with Crippen molar-refractivity contribution in [3.63, 3.8) is 0 Å². The maximum Gasteiger partial charge on any atom is 0.223 e. The molecule has 0 aromatic heterocycles. The number of likely N-dealkylation sites (tertiary alicyclic amines) is 1. The summed E-state index contributed by atoms with van der Waals surface area (Å²) in [5.74, 6) is -0.169. The number of Topliss-reactive ketones (excluding diaryl/α,β-unsaturated/α-hetero) is 1. The number of hydrogen-bond donors (Lipinski definition) is 0. The summed E-state index contributed by atoms with van der Waals surface area (Å²) in [7, 11) is 0. The predicted molar refractivity (Wildman–Crippen MR) is 93.4 cm³/mol. The van der Waals surface area contributed by atoms with Crippen LogP contribution in [-0.4, -0.2) is 35.3 Å². The highest BCUT2D eigenvalue weighted by atomic mass is 16.3. The second kappa shape index (κ2) is 7.79. The van der Waals surface area contributed by atoms with E-state index in [1.807, 2.05) is 26.8 Å². The van der Waals surface area contributed by atoms with Crippen LogP contribution in [0.15, 0.2) is 24.3 Å². The van der Waals surface area contributed by atoms with E-state index in [0.29, 0.717) is 30.5 Å². The SMILES string of the molecule is CC(C)(C)C1CC([O])CCN1C(=O)CCC(=O)c1ccc(C#N)cc1. The topological polar surface area (TPSA) is 81.1 Å². The summed E-state index contributed by atoms with van der Waals surface area (Å²) in [5.41, 5.74) is 0.856. The molecule has 2 unspecified atom stereocenters. The van der Waals surface area contributed by atoms with E-state index in [1.165, 1.54) is 0 Å². The highest BCUT2D eigenvalue weighted by Gasteiger charge is 2.38. The van der Waals surface area contributed by atoms with Crippen LogP contribution in [0.25, 0.3) is 0 Å². The van der Waals surface area contributed by atoms with Crippen LogP contribution in [0, 0.1) is 16.7 Å². The molecule has 1 aromatic rings. The molecule has 1 saturated heterocycles. The molecule has 0 N–H and O–H groups in total. The van der Waals surface area contributed by atoms with Crippen molar-refractivity contribution in [1.29, 1.82) is 5.26 Å². The van der Waals surface area contributed by atoms with Crippen molar-refractivity contribution in [3.05, 3.63) is 35.4 Å². The fourth-order valence-corrected chi connectivity index (χ4v) is 3.29. The first-order chi connectivity index (χ1) is 11.7. The van der Waals surface area contributed by atoms with Crippen molar-refractivity contribution in [2.24, 2.45) is 5.41 Å². The maximum absolute atomic E-state index is 12.6. The number of nitrogens with zero attached hydrogens (tertiary/aromatic N) is 2. The van der Waals surface area contributed by atoms with E-state index < -0.39 is 6.10 Å². The van der Waals surface area contributed by atoms with Crippen LogP contribution in [0.3, 0.4) is 0 Å². The maximum atomic E-state index is 12.6. The van der Waals surface area contributed by atoms with E-state index >= 15 is 0 Å². The summed E-state index contributed by atoms with van der Waals surface area (Å²) in [6, 6.07) is 8.37. The average Bonchev–Trinajstić information content (AvgIpc) is 2.58. The molecule has 1 heterocycles. The molecule has 2 rings (SSSR count). The third-order valence-electron chi connectivity index (χ3n) is 4.78. The number of piperidine rings is 1. The Labute approximate surface area is 149 Å². The number of ketones is 1. The first-order valence-electron chi connectivity index (χ1n) is 8.71. The molecule has 5 nitrogen and oxygen atoms in total. The van der Waals surface area contributed by atoms with Crippen molar-refractivity contribution in [2.45, 2.75) is 58.6 Å². The van der Waals surface area contributed by atoms with Crippen molar-refractivity contribution in [3.8, 4) is 6.07 Å². The third-order valence-corrected chi connectivity index (χ3v) is 4.78. The van der Waals surface area contributed by atoms with Crippen LogP contribution < -0.4 is 0 Å². The van der Waals surface area contributed by atoms with Gasteiger partial charge in [-0.1, -0.05) is 32.9 Å². The van der Waals surface area contributed by atoms with Crippen LogP contribution in [0.1, 0.15) is 62.4 Å². The Hall–Kier alpha value is -2.19. The van der Waals surface area contributed by atoms with Gasteiger partial charge in [0.15, 0.2) is 5.78 Å². The Morgan fingerprint density at radius 1 is 1.20 bits per heavy atom. The van der Waals surface area contributed by atoms with Gasteiger partial charge in [0.1, 0.15) is 0 Å². The highest BCUT2D eigenvalue weighted by Crippen LogP contribution is 2.32. The third kappa shape index (κ3) is 4.90. The number of carbonyl (C=O) groups excluding carboxylic acids is 2. The van der Waals surface area contributed by atoms with E-state index in [-0.39, 0.29) is 36.0 Å². The summed E-state index contributed by atoms with van der Waals surface area (Å²) < 4.78 is 0. The normalized spacial score (nSPS) is 20.8. The first kappa shape index (κ1) is 19.1. The predicted octanol–water partition coefficient (Wildman–Crippen LogP) is 3.36. The molecular weight excluding hydrogens is 316 g/mol. The molecule has 5 heteroatoms. The summed E-state index contributed by atoms with van der Waals surface area (Å²) in [6.07, 6.45) is 0.614. The average molecular weight is 341 g/mol. The van der Waals surface area contributed by atoms with E-state index in [9.17, 15) is 14.7 Å². The van der Waals surface area contributed by atoms with Gasteiger partial charge in [0.2, 0.25) is 5.91 Å². The number of rotatable bonds is 4. The Kier molecular flexibility index (Phi) is 5.97. The van der Waals surface area contributed by atoms with Crippen LogP contribution in [0.4, 0.5) is 0 Å². The van der Waals surface area contributed by atoms with E-state index in [1.54, 1.807) is 29.2 Å². The van der Waals surface area contributed by atoms with Crippen molar-refractivity contribution < 1.29 is 14.7 Å². The second-order valence-corrected chi connectivity index (χ2v) is 7.73. The smallest absolute Gasteiger partial charge is 0.223 e. The lowest BCUT2D eigenvalue weighted by molar-refractivity contribution is -0.141. The Balaban J connectivity index is 1.98. The highest BCUT2D eigenvalue weighted by molar-refractivity contribution is 5.98. The van der Waals surface area contributed by atoms with E-state index in [0.717, 1.165) is 0 Å². The van der Waals surface area contributed by atoms with Gasteiger partial charge in [-0.05, 0) is 30.4 Å². The molecule has 0 aliphatic carbocycles. The molecule has 1 fully saturated rings. The molecule has 1 aromatic carbocycles. The van der Waals surface area contributed by atoms with Gasteiger partial charge in [-0.3, -0.25) is 9.59 Å². The summed E-state index contributed by atoms with van der Waals surface area (Å²) in [4.78, 5) is 26.7. The Bertz CT molecular complexity index is 668. The largest absolute Gasteiger partial charge is 0.339 e. The quantitative estimate of drug-likeness (QED) is 0.788. The van der Waals surface area contributed by atoms with Crippen LogP contribution in [-0.2, 0) is 9.90 Å². The molecule has 1 aliphatic heterocycles. The zero-order valence-corrected chi connectivity index (χ0v) is 15.1. The number of hydrogen-bond acceptors (Lipinski definition) is 3. The van der Waals surface area contributed by atoms with Crippen molar-refractivity contribution >= 4 is 11.7 Å². The number of carbonyl (C=O) groups is 2. The fraction of sp³-hybridized carbons (Fsp3) is 0.550. The number of amides is 1. The van der Waals surface area contributed by atoms with Crippen molar-refractivity contribution in [2.75, 3.05) is 6.54 Å². The van der Waals surface area contributed by atoms with Gasteiger partial charge >= 0.3 is 0 Å². The van der Waals surface area contributed by atoms with Crippen molar-refractivity contribution in [1.82, 2.24) is 4.90 Å². The van der Waals surface area contributed by atoms with Gasteiger partial charge in [0, 0.05) is 31.0 Å². The van der Waals surface area contributed by atoms with Gasteiger partial charge in [0.05, 0.1) is 17.7 Å². The summed E-state index contributed by atoms with van der Waals surface area (Å²) >= 11 is 0. The van der Waals surface area contributed by atoms with Gasteiger partial charge in [-0.25, -0.2) is 5.11 Å². The zero-order chi connectivity index (χ0) is 18.6. The Morgan fingerprint density at radius 3 is 2.40 bits per heavy atom. The lowest BCUT2D eigenvalue weighted by Crippen LogP contribution is -2.53. The van der Waals surface area contributed by atoms with Crippen LogP contribution in [0.2, 0.25) is 0 Å². The lowest BCUT2D eigenvalue weighted by Gasteiger charge is -2.44. The minimum atomic E-state index is -0.617. The molecule has 25 heavy (non-hydrogen) atoms. The molecule has 2 atom stereocenters. The molecule has 1 radical (unpaired) electrons. The van der Waals surface area contributed by atoms with Gasteiger partial charge in [-0.15, -0.1) is 0 Å². The van der Waals surface area contributed by atoms with Gasteiger partial charge in [-0.2, -0.15) is 5.26 Å². The number of benzene rings is 1. The minimum Gasteiger partial charge on any atom is -0.339 e.